The molecule has 0 bridgehead atoms. The maximum absolute atomic E-state index is 9.24. The second-order valence-electron chi connectivity index (χ2n) is 3.11. The van der Waals surface area contributed by atoms with Crippen LogP contribution in [0.25, 0.3) is 0 Å². The number of aliphatic hydroxyl groups is 1. The maximum atomic E-state index is 9.24. The molecule has 66 valence electrons. The molecule has 5 heteroatoms. The smallest absolute Gasteiger partial charge is 0.138 e. The molecule has 5 nitrogen and oxygen atoms in total. The average Bonchev–Trinajstić information content (AvgIpc) is 2.63. The van der Waals surface area contributed by atoms with Crippen LogP contribution in [-0.2, 0) is 6.54 Å². The summed E-state index contributed by atoms with van der Waals surface area (Å²) in [6.45, 7) is 2.46. The van der Waals surface area contributed by atoms with Gasteiger partial charge in [0.15, 0.2) is 0 Å². The Morgan fingerprint density at radius 2 is 2.67 bits per heavy atom. The Kier molecular flexibility index (Phi) is 2.05. The highest BCUT2D eigenvalue weighted by Crippen LogP contribution is 2.10. The number of rotatable bonds is 2. The van der Waals surface area contributed by atoms with Gasteiger partial charge in [0.25, 0.3) is 0 Å². The zero-order chi connectivity index (χ0) is 8.39. The van der Waals surface area contributed by atoms with Crippen LogP contribution in [-0.4, -0.2) is 44.4 Å². The Balaban J connectivity index is 1.88. The molecule has 2 N–H and O–H groups in total. The molecule has 0 aliphatic carbocycles. The van der Waals surface area contributed by atoms with E-state index in [2.05, 4.69) is 20.1 Å². The number of β-amino-alcohol motifs (C(OH)–C–C–N with tert-alkyl or cyclic N) is 1. The summed E-state index contributed by atoms with van der Waals surface area (Å²) in [5.74, 6) is 0.865. The fraction of sp³-hybridized carbons (Fsp3) is 0.714. The molecule has 1 aromatic rings. The van der Waals surface area contributed by atoms with Gasteiger partial charge in [-0.15, -0.1) is 0 Å². The molecular weight excluding hydrogens is 156 g/mol. The van der Waals surface area contributed by atoms with E-state index in [0.29, 0.717) is 0 Å². The molecule has 1 fully saturated rings. The minimum Gasteiger partial charge on any atom is -0.392 e. The quantitative estimate of drug-likeness (QED) is 0.617. The molecule has 1 atom stereocenters. The van der Waals surface area contributed by atoms with Gasteiger partial charge in [-0.3, -0.25) is 10.00 Å². The number of nitrogens with zero attached hydrogens (tertiary/aromatic N) is 3. The van der Waals surface area contributed by atoms with E-state index in [9.17, 15) is 5.11 Å². The number of hydrogen-bond donors (Lipinski definition) is 2. The lowest BCUT2D eigenvalue weighted by molar-refractivity contribution is 0.174. The molecule has 2 rings (SSSR count). The van der Waals surface area contributed by atoms with Gasteiger partial charge in [-0.2, -0.15) is 5.10 Å². The summed E-state index contributed by atoms with van der Waals surface area (Å²) < 4.78 is 0. The number of aromatic amines is 1. The van der Waals surface area contributed by atoms with E-state index in [1.807, 2.05) is 0 Å². The fourth-order valence-electron chi connectivity index (χ4n) is 1.47. The van der Waals surface area contributed by atoms with Gasteiger partial charge in [0.2, 0.25) is 0 Å². The molecule has 1 aromatic heterocycles. The maximum Gasteiger partial charge on any atom is 0.138 e. The highest BCUT2D eigenvalue weighted by Gasteiger charge is 2.20. The first-order valence-corrected chi connectivity index (χ1v) is 4.09. The Morgan fingerprint density at radius 3 is 3.25 bits per heavy atom. The Bertz CT molecular complexity index is 236. The molecule has 0 radical (unpaired) electrons. The van der Waals surface area contributed by atoms with E-state index >= 15 is 0 Å². The van der Waals surface area contributed by atoms with Gasteiger partial charge in [0.05, 0.1) is 12.6 Å². The molecule has 0 unspecified atom stereocenters. The second kappa shape index (κ2) is 3.20. The summed E-state index contributed by atoms with van der Waals surface area (Å²) in [5.41, 5.74) is 0. The predicted molar refractivity (Wildman–Crippen MR) is 42.3 cm³/mol. The fourth-order valence-corrected chi connectivity index (χ4v) is 1.47. The minimum absolute atomic E-state index is 0.159. The summed E-state index contributed by atoms with van der Waals surface area (Å²) in [6, 6.07) is 0. The summed E-state index contributed by atoms with van der Waals surface area (Å²) in [7, 11) is 0. The Labute approximate surface area is 70.4 Å². The van der Waals surface area contributed by atoms with Gasteiger partial charge < -0.3 is 5.11 Å². The normalized spacial score (nSPS) is 24.9. The van der Waals surface area contributed by atoms with Crippen LogP contribution >= 0.6 is 0 Å². The summed E-state index contributed by atoms with van der Waals surface area (Å²) in [5, 5.41) is 15.8. The van der Waals surface area contributed by atoms with Crippen molar-refractivity contribution in [3.05, 3.63) is 12.2 Å². The third-order valence-electron chi connectivity index (χ3n) is 2.09. The summed E-state index contributed by atoms with van der Waals surface area (Å²) in [6.07, 6.45) is 2.21. The third kappa shape index (κ3) is 1.62. The molecular formula is C7H12N4O. The van der Waals surface area contributed by atoms with Crippen molar-refractivity contribution in [1.29, 1.82) is 0 Å². The standard InChI is InChI=1S/C7H12N4O/c12-6-1-2-11(3-6)4-7-8-5-9-10-7/h5-6,12H,1-4H2,(H,8,9,10)/t6-/m0/s1. The molecule has 0 aromatic carbocycles. The molecule has 1 aliphatic rings. The first kappa shape index (κ1) is 7.70. The number of aliphatic hydroxyl groups excluding tert-OH is 1. The highest BCUT2D eigenvalue weighted by atomic mass is 16.3. The molecule has 0 saturated carbocycles. The zero-order valence-corrected chi connectivity index (χ0v) is 6.77. The first-order chi connectivity index (χ1) is 5.84. The lowest BCUT2D eigenvalue weighted by atomic mass is 10.3. The minimum atomic E-state index is -0.159. The van der Waals surface area contributed by atoms with Gasteiger partial charge in [-0.25, -0.2) is 4.98 Å². The van der Waals surface area contributed by atoms with Crippen molar-refractivity contribution < 1.29 is 5.11 Å². The molecule has 0 spiro atoms. The van der Waals surface area contributed by atoms with Crippen molar-refractivity contribution >= 4 is 0 Å². The third-order valence-corrected chi connectivity index (χ3v) is 2.09. The van der Waals surface area contributed by atoms with Crippen LogP contribution in [0.3, 0.4) is 0 Å². The number of hydrogen-bond acceptors (Lipinski definition) is 4. The van der Waals surface area contributed by atoms with E-state index in [0.717, 1.165) is 31.9 Å². The molecule has 1 aliphatic heterocycles. The van der Waals surface area contributed by atoms with Crippen molar-refractivity contribution in [3.8, 4) is 0 Å². The van der Waals surface area contributed by atoms with E-state index in [4.69, 9.17) is 0 Å². The Hall–Kier alpha value is -0.940. The number of aromatic nitrogens is 3. The Morgan fingerprint density at radius 1 is 1.75 bits per heavy atom. The van der Waals surface area contributed by atoms with E-state index < -0.39 is 0 Å². The van der Waals surface area contributed by atoms with Crippen LogP contribution in [0.4, 0.5) is 0 Å². The van der Waals surface area contributed by atoms with Crippen LogP contribution in [0.5, 0.6) is 0 Å². The molecule has 1 saturated heterocycles. The van der Waals surface area contributed by atoms with E-state index in [1.165, 1.54) is 6.33 Å². The average molecular weight is 168 g/mol. The van der Waals surface area contributed by atoms with Crippen LogP contribution in [0.1, 0.15) is 12.2 Å². The summed E-state index contributed by atoms with van der Waals surface area (Å²) in [4.78, 5) is 6.17. The van der Waals surface area contributed by atoms with Crippen molar-refractivity contribution in [2.45, 2.75) is 19.1 Å². The van der Waals surface area contributed by atoms with Crippen LogP contribution in [0.2, 0.25) is 0 Å². The number of nitrogens with one attached hydrogen (secondary N) is 1. The predicted octanol–water partition coefficient (Wildman–Crippen LogP) is -0.629. The van der Waals surface area contributed by atoms with Crippen LogP contribution in [0, 0.1) is 0 Å². The monoisotopic (exact) mass is 168 g/mol. The number of likely N-dealkylation sites (tertiary alicyclic amines) is 1. The topological polar surface area (TPSA) is 65.0 Å². The lowest BCUT2D eigenvalue weighted by Gasteiger charge is -2.11. The van der Waals surface area contributed by atoms with Crippen LogP contribution < -0.4 is 0 Å². The molecule has 0 amide bonds. The van der Waals surface area contributed by atoms with Crippen molar-refractivity contribution in [2.75, 3.05) is 13.1 Å². The highest BCUT2D eigenvalue weighted by molar-refractivity contribution is 4.83. The van der Waals surface area contributed by atoms with Gasteiger partial charge in [0.1, 0.15) is 12.2 Å². The lowest BCUT2D eigenvalue weighted by Crippen LogP contribution is -2.22. The van der Waals surface area contributed by atoms with Crippen molar-refractivity contribution in [2.24, 2.45) is 0 Å². The van der Waals surface area contributed by atoms with Crippen molar-refractivity contribution in [1.82, 2.24) is 20.1 Å². The summed E-state index contributed by atoms with van der Waals surface area (Å²) >= 11 is 0. The molecule has 12 heavy (non-hydrogen) atoms. The van der Waals surface area contributed by atoms with Gasteiger partial charge in [0, 0.05) is 13.1 Å². The van der Waals surface area contributed by atoms with Gasteiger partial charge in [-0.1, -0.05) is 0 Å². The van der Waals surface area contributed by atoms with E-state index in [-0.39, 0.29) is 6.10 Å². The van der Waals surface area contributed by atoms with Crippen molar-refractivity contribution in [3.63, 3.8) is 0 Å². The first-order valence-electron chi connectivity index (χ1n) is 4.09. The van der Waals surface area contributed by atoms with Gasteiger partial charge in [-0.05, 0) is 6.42 Å². The SMILES string of the molecule is O[C@H]1CCN(Cc2ncn[nH]2)C1. The van der Waals surface area contributed by atoms with E-state index in [1.54, 1.807) is 0 Å². The largest absolute Gasteiger partial charge is 0.392 e. The van der Waals surface area contributed by atoms with Gasteiger partial charge >= 0.3 is 0 Å². The molecule has 2 heterocycles. The van der Waals surface area contributed by atoms with Crippen LogP contribution in [0.15, 0.2) is 6.33 Å². The number of H-pyrrole nitrogens is 1. The second-order valence-corrected chi connectivity index (χ2v) is 3.11. The zero-order valence-electron chi connectivity index (χ0n) is 6.77.